The predicted octanol–water partition coefficient (Wildman–Crippen LogP) is 3.57. The van der Waals surface area contributed by atoms with E-state index in [1.807, 2.05) is 43.4 Å². The fourth-order valence-corrected chi connectivity index (χ4v) is 4.96. The minimum atomic E-state index is -4.93. The van der Waals surface area contributed by atoms with E-state index in [2.05, 4.69) is 4.98 Å². The topological polar surface area (TPSA) is 62.3 Å². The van der Waals surface area contributed by atoms with Crippen LogP contribution in [0, 0.1) is 25.7 Å². The normalized spacial score (nSPS) is 23.1. The van der Waals surface area contributed by atoms with Crippen molar-refractivity contribution in [1.82, 2.24) is 15.2 Å². The molecule has 2 fully saturated rings. The lowest BCUT2D eigenvalue weighted by atomic mass is 10.1. The lowest BCUT2D eigenvalue weighted by Gasteiger charge is -2.27. The molecular weight excluding hydrogens is 403 g/mol. The molecule has 5 nitrogen and oxygen atoms in total. The molecule has 3 atom stereocenters. The molecule has 1 saturated carbocycles. The smallest absolute Gasteiger partial charge is 0.346 e. The third-order valence-corrected chi connectivity index (χ3v) is 6.53. The van der Waals surface area contributed by atoms with Gasteiger partial charge in [-0.3, -0.25) is 9.59 Å². The molecule has 2 aliphatic rings. The number of hydrogen-bond donors (Lipinski definition) is 1. The third-order valence-electron chi connectivity index (χ3n) is 5.51. The molecule has 0 bridgehead atoms. The highest BCUT2D eigenvalue weighted by Crippen LogP contribution is 2.50. The van der Waals surface area contributed by atoms with Gasteiger partial charge in [0.15, 0.2) is 0 Å². The summed E-state index contributed by atoms with van der Waals surface area (Å²) >= 11 is 1.42. The SMILES string of the molecule is Cc1cccc(-c2sc(C)nc2C(=O)N2C[C@@H]3CC3[C@H]2CNC(=O)C(F)(F)F)c1. The van der Waals surface area contributed by atoms with Gasteiger partial charge in [0.1, 0.15) is 5.69 Å². The maximum atomic E-state index is 13.3. The zero-order valence-electron chi connectivity index (χ0n) is 15.9. The summed E-state index contributed by atoms with van der Waals surface area (Å²) in [6.07, 6.45) is -4.06. The second kappa shape index (κ2) is 7.12. The van der Waals surface area contributed by atoms with Crippen molar-refractivity contribution >= 4 is 23.2 Å². The number of piperidine rings is 1. The van der Waals surface area contributed by atoms with E-state index >= 15 is 0 Å². The van der Waals surface area contributed by atoms with Crippen molar-refractivity contribution < 1.29 is 22.8 Å². The molecule has 1 unspecified atom stereocenters. The number of likely N-dealkylation sites (tertiary alicyclic amines) is 1. The minimum absolute atomic E-state index is 0.134. The molecule has 154 valence electrons. The largest absolute Gasteiger partial charge is 0.471 e. The van der Waals surface area contributed by atoms with Gasteiger partial charge in [-0.15, -0.1) is 11.3 Å². The Bertz CT molecular complexity index is 972. The van der Waals surface area contributed by atoms with Gasteiger partial charge < -0.3 is 10.2 Å². The van der Waals surface area contributed by atoms with Crippen LogP contribution in [0.1, 0.15) is 27.5 Å². The zero-order valence-corrected chi connectivity index (χ0v) is 16.7. The van der Waals surface area contributed by atoms with Crippen LogP contribution in [0.4, 0.5) is 13.2 Å². The molecular formula is C20H20F3N3O2S. The van der Waals surface area contributed by atoms with Crippen LogP contribution >= 0.6 is 11.3 Å². The number of nitrogens with one attached hydrogen (secondary N) is 1. The molecule has 1 aliphatic heterocycles. The van der Waals surface area contributed by atoms with Crippen molar-refractivity contribution in [3.05, 3.63) is 40.5 Å². The van der Waals surface area contributed by atoms with Crippen LogP contribution in [0.3, 0.4) is 0 Å². The Balaban J connectivity index is 1.57. The minimum Gasteiger partial charge on any atom is -0.346 e. The monoisotopic (exact) mass is 423 g/mol. The molecule has 4 rings (SSSR count). The van der Waals surface area contributed by atoms with E-state index < -0.39 is 18.1 Å². The van der Waals surface area contributed by atoms with Crippen LogP contribution < -0.4 is 5.32 Å². The highest BCUT2D eigenvalue weighted by molar-refractivity contribution is 7.15. The van der Waals surface area contributed by atoms with Crippen LogP contribution in [0.25, 0.3) is 10.4 Å². The summed E-state index contributed by atoms with van der Waals surface area (Å²) in [4.78, 5) is 31.3. The average Bonchev–Trinajstić information content (AvgIpc) is 3.16. The Morgan fingerprint density at radius 2 is 2.07 bits per heavy atom. The first-order valence-electron chi connectivity index (χ1n) is 9.35. The summed E-state index contributed by atoms with van der Waals surface area (Å²) in [6, 6.07) is 7.33. The lowest BCUT2D eigenvalue weighted by molar-refractivity contribution is -0.173. The third kappa shape index (κ3) is 3.88. The van der Waals surface area contributed by atoms with Crippen LogP contribution in [-0.4, -0.2) is 47.0 Å². The van der Waals surface area contributed by atoms with Crippen molar-refractivity contribution in [2.24, 2.45) is 11.8 Å². The Kier molecular flexibility index (Phi) is 4.88. The van der Waals surface area contributed by atoms with Crippen LogP contribution in [0.15, 0.2) is 24.3 Å². The number of alkyl halides is 3. The van der Waals surface area contributed by atoms with Crippen molar-refractivity contribution in [2.45, 2.75) is 32.5 Å². The van der Waals surface area contributed by atoms with E-state index in [1.54, 1.807) is 4.90 Å². The quantitative estimate of drug-likeness (QED) is 0.818. The van der Waals surface area contributed by atoms with Gasteiger partial charge >= 0.3 is 12.1 Å². The number of halogens is 3. The van der Waals surface area contributed by atoms with E-state index in [9.17, 15) is 22.8 Å². The molecule has 2 aromatic rings. The Morgan fingerprint density at radius 1 is 1.31 bits per heavy atom. The van der Waals surface area contributed by atoms with Crippen LogP contribution in [-0.2, 0) is 4.79 Å². The maximum Gasteiger partial charge on any atom is 0.471 e. The molecule has 9 heteroatoms. The number of aromatic nitrogens is 1. The molecule has 1 saturated heterocycles. The molecule has 1 aromatic heterocycles. The predicted molar refractivity (Wildman–Crippen MR) is 103 cm³/mol. The fourth-order valence-electron chi connectivity index (χ4n) is 4.05. The van der Waals surface area contributed by atoms with Crippen molar-refractivity contribution in [1.29, 1.82) is 0 Å². The number of benzene rings is 1. The summed E-state index contributed by atoms with van der Waals surface area (Å²) in [5, 5.41) is 2.69. The number of aryl methyl sites for hydroxylation is 2. The highest BCUT2D eigenvalue weighted by Gasteiger charge is 2.54. The van der Waals surface area contributed by atoms with E-state index in [0.717, 1.165) is 27.4 Å². The Labute approximate surface area is 169 Å². The zero-order chi connectivity index (χ0) is 20.9. The van der Waals surface area contributed by atoms with Crippen LogP contribution in [0.5, 0.6) is 0 Å². The van der Waals surface area contributed by atoms with Gasteiger partial charge in [-0.2, -0.15) is 13.2 Å². The summed E-state index contributed by atoms with van der Waals surface area (Å²) in [5.74, 6) is -1.84. The lowest BCUT2D eigenvalue weighted by Crippen LogP contribution is -2.48. The standard InChI is InChI=1S/C20H20F3N3O2S/c1-10-4-3-5-12(6-10)17-16(25-11(2)29-17)18(27)26-9-13-7-14(13)15(26)8-24-19(28)20(21,22)23/h3-6,13-15H,7-9H2,1-2H3,(H,24,28)/t13-,14?,15+/m0/s1. The number of fused-ring (bicyclic) bond motifs is 1. The number of thiazole rings is 1. The summed E-state index contributed by atoms with van der Waals surface area (Å²) in [5.41, 5.74) is 2.28. The van der Waals surface area contributed by atoms with E-state index in [4.69, 9.17) is 0 Å². The Hall–Kier alpha value is -2.42. The van der Waals surface area contributed by atoms with E-state index in [-0.39, 0.29) is 24.3 Å². The molecule has 2 amide bonds. The number of carbonyl (C=O) groups excluding carboxylic acids is 2. The van der Waals surface area contributed by atoms with Crippen LogP contribution in [0.2, 0.25) is 0 Å². The van der Waals surface area contributed by atoms with Gasteiger partial charge in [-0.05, 0) is 37.7 Å². The summed E-state index contributed by atoms with van der Waals surface area (Å²) < 4.78 is 37.6. The molecule has 0 radical (unpaired) electrons. The van der Waals surface area contributed by atoms with Crippen molar-refractivity contribution in [3.8, 4) is 10.4 Å². The van der Waals surface area contributed by atoms with E-state index in [1.165, 1.54) is 11.3 Å². The first-order valence-corrected chi connectivity index (χ1v) is 10.2. The molecule has 2 heterocycles. The first-order chi connectivity index (χ1) is 13.6. The van der Waals surface area contributed by atoms with Gasteiger partial charge in [0.25, 0.3) is 5.91 Å². The average molecular weight is 423 g/mol. The molecule has 1 N–H and O–H groups in total. The van der Waals surface area contributed by atoms with E-state index in [0.29, 0.717) is 12.2 Å². The number of carbonyl (C=O) groups is 2. The first kappa shape index (κ1) is 19.9. The number of rotatable bonds is 4. The number of nitrogens with zero attached hydrogens (tertiary/aromatic N) is 2. The van der Waals surface area contributed by atoms with Gasteiger partial charge in [0, 0.05) is 13.1 Å². The highest BCUT2D eigenvalue weighted by atomic mass is 32.1. The number of hydrogen-bond acceptors (Lipinski definition) is 4. The van der Waals surface area contributed by atoms with Gasteiger partial charge in [0.05, 0.1) is 15.9 Å². The molecule has 1 aromatic carbocycles. The second-order valence-corrected chi connectivity index (χ2v) is 8.88. The van der Waals surface area contributed by atoms with Crippen molar-refractivity contribution in [3.63, 3.8) is 0 Å². The maximum absolute atomic E-state index is 13.3. The number of amides is 2. The molecule has 0 spiro atoms. The molecule has 1 aliphatic carbocycles. The van der Waals surface area contributed by atoms with Crippen molar-refractivity contribution in [2.75, 3.05) is 13.1 Å². The van der Waals surface area contributed by atoms with Gasteiger partial charge in [-0.25, -0.2) is 4.98 Å². The van der Waals surface area contributed by atoms with Gasteiger partial charge in [0.2, 0.25) is 0 Å². The second-order valence-electron chi connectivity index (χ2n) is 7.67. The van der Waals surface area contributed by atoms with Gasteiger partial charge in [-0.1, -0.05) is 29.8 Å². The molecule has 29 heavy (non-hydrogen) atoms. The fraction of sp³-hybridized carbons (Fsp3) is 0.450. The Morgan fingerprint density at radius 3 is 2.76 bits per heavy atom. The summed E-state index contributed by atoms with van der Waals surface area (Å²) in [7, 11) is 0. The summed E-state index contributed by atoms with van der Waals surface area (Å²) in [6.45, 7) is 4.07.